The second-order valence-electron chi connectivity index (χ2n) is 1.27. The highest BCUT2D eigenvalue weighted by atomic mass is 35.5. The van der Waals surface area contributed by atoms with Gasteiger partial charge in [-0.1, -0.05) is 11.6 Å². The van der Waals surface area contributed by atoms with Crippen LogP contribution in [0.15, 0.2) is 11.4 Å². The molecule has 0 N–H and O–H groups in total. The Morgan fingerprint density at radius 2 is 2.56 bits per heavy atom. The van der Waals surface area contributed by atoms with Crippen molar-refractivity contribution in [2.24, 2.45) is 0 Å². The minimum atomic E-state index is 0.359. The zero-order valence-electron chi connectivity index (χ0n) is 4.33. The second-order valence-corrected chi connectivity index (χ2v) is 2.56. The predicted octanol–water partition coefficient (Wildman–Crippen LogP) is 1.94. The van der Waals surface area contributed by atoms with Gasteiger partial charge in [0.1, 0.15) is 0 Å². The van der Waals surface area contributed by atoms with Gasteiger partial charge >= 0.3 is 0 Å². The SMILES string of the molecule is O=COc1sccc1Cl. The quantitative estimate of drug-likeness (QED) is 0.622. The summed E-state index contributed by atoms with van der Waals surface area (Å²) in [4.78, 5) is 9.75. The highest BCUT2D eigenvalue weighted by molar-refractivity contribution is 7.12. The second kappa shape index (κ2) is 2.85. The molecule has 0 aromatic carbocycles. The summed E-state index contributed by atoms with van der Waals surface area (Å²) in [7, 11) is 0. The van der Waals surface area contributed by atoms with Crippen LogP contribution in [0.25, 0.3) is 0 Å². The van der Waals surface area contributed by atoms with Gasteiger partial charge < -0.3 is 4.74 Å². The number of halogens is 1. The maximum Gasteiger partial charge on any atom is 0.299 e. The first-order valence-corrected chi connectivity index (χ1v) is 3.43. The number of carbonyl (C=O) groups excluding carboxylic acids is 1. The highest BCUT2D eigenvalue weighted by Gasteiger charge is 1.99. The number of hydrogen-bond donors (Lipinski definition) is 0. The zero-order chi connectivity index (χ0) is 6.69. The summed E-state index contributed by atoms with van der Waals surface area (Å²) in [6.45, 7) is 0.359. The van der Waals surface area contributed by atoms with Gasteiger partial charge in [-0.25, -0.2) is 0 Å². The summed E-state index contributed by atoms with van der Waals surface area (Å²) in [5.41, 5.74) is 0. The van der Waals surface area contributed by atoms with Crippen molar-refractivity contribution < 1.29 is 9.53 Å². The van der Waals surface area contributed by atoms with Gasteiger partial charge in [-0.05, 0) is 11.4 Å². The van der Waals surface area contributed by atoms with Crippen LogP contribution in [0.5, 0.6) is 5.06 Å². The van der Waals surface area contributed by atoms with Crippen molar-refractivity contribution in [3.05, 3.63) is 16.5 Å². The monoisotopic (exact) mass is 162 g/mol. The molecular formula is C5H3ClO2S. The summed E-state index contributed by atoms with van der Waals surface area (Å²) in [6.07, 6.45) is 0. The van der Waals surface area contributed by atoms with E-state index in [1.807, 2.05) is 0 Å². The molecule has 0 spiro atoms. The van der Waals surface area contributed by atoms with E-state index >= 15 is 0 Å². The molecule has 0 saturated carbocycles. The van der Waals surface area contributed by atoms with Crippen LogP contribution in [-0.2, 0) is 4.79 Å². The predicted molar refractivity (Wildman–Crippen MR) is 36.0 cm³/mol. The molecule has 0 aliphatic rings. The smallest absolute Gasteiger partial charge is 0.299 e. The van der Waals surface area contributed by atoms with Gasteiger partial charge in [-0.3, -0.25) is 4.79 Å². The van der Waals surface area contributed by atoms with Crippen molar-refractivity contribution in [2.75, 3.05) is 0 Å². The van der Waals surface area contributed by atoms with E-state index in [0.29, 0.717) is 16.6 Å². The van der Waals surface area contributed by atoms with Crippen LogP contribution in [0.1, 0.15) is 0 Å². The number of hydrogen-bond acceptors (Lipinski definition) is 3. The van der Waals surface area contributed by atoms with E-state index in [9.17, 15) is 4.79 Å². The summed E-state index contributed by atoms with van der Waals surface area (Å²) in [5.74, 6) is 0. The topological polar surface area (TPSA) is 26.3 Å². The Bertz CT molecular complexity index is 208. The molecule has 9 heavy (non-hydrogen) atoms. The molecule has 0 bridgehead atoms. The highest BCUT2D eigenvalue weighted by Crippen LogP contribution is 2.29. The molecule has 0 atom stereocenters. The minimum Gasteiger partial charge on any atom is -0.416 e. The third-order valence-electron chi connectivity index (χ3n) is 0.740. The van der Waals surface area contributed by atoms with Crippen molar-refractivity contribution in [1.29, 1.82) is 0 Å². The lowest BCUT2D eigenvalue weighted by Gasteiger charge is -1.88. The fraction of sp³-hybridized carbons (Fsp3) is 0. The van der Waals surface area contributed by atoms with E-state index in [1.165, 1.54) is 11.3 Å². The fourth-order valence-electron chi connectivity index (χ4n) is 0.408. The first kappa shape index (κ1) is 6.58. The van der Waals surface area contributed by atoms with Gasteiger partial charge in [-0.2, -0.15) is 0 Å². The Labute approximate surface area is 61.0 Å². The van der Waals surface area contributed by atoms with Crippen molar-refractivity contribution in [3.8, 4) is 5.06 Å². The first-order valence-electron chi connectivity index (χ1n) is 2.18. The standard InChI is InChI=1S/C5H3ClO2S/c6-4-1-2-9-5(4)8-3-7/h1-3H. The van der Waals surface area contributed by atoms with Crippen molar-refractivity contribution in [3.63, 3.8) is 0 Å². The Hall–Kier alpha value is -0.540. The van der Waals surface area contributed by atoms with Crippen LogP contribution >= 0.6 is 22.9 Å². The van der Waals surface area contributed by atoms with E-state index < -0.39 is 0 Å². The summed E-state index contributed by atoms with van der Waals surface area (Å²) in [5, 5.41) is 2.68. The number of rotatable bonds is 2. The van der Waals surface area contributed by atoms with Crippen molar-refractivity contribution >= 4 is 29.4 Å². The Kier molecular flexibility index (Phi) is 2.08. The van der Waals surface area contributed by atoms with E-state index in [2.05, 4.69) is 4.74 Å². The lowest BCUT2D eigenvalue weighted by molar-refractivity contribution is -0.120. The maximum absolute atomic E-state index is 9.75. The van der Waals surface area contributed by atoms with E-state index in [-0.39, 0.29) is 0 Å². The third kappa shape index (κ3) is 1.43. The normalized spacial score (nSPS) is 9.00. The molecule has 1 rings (SSSR count). The van der Waals surface area contributed by atoms with E-state index in [4.69, 9.17) is 11.6 Å². The summed E-state index contributed by atoms with van der Waals surface area (Å²) >= 11 is 6.83. The Morgan fingerprint density at radius 1 is 1.78 bits per heavy atom. The van der Waals surface area contributed by atoms with Crippen LogP contribution in [0, 0.1) is 0 Å². The average Bonchev–Trinajstić information content (AvgIpc) is 2.18. The van der Waals surface area contributed by atoms with Crippen molar-refractivity contribution in [2.45, 2.75) is 0 Å². The molecule has 1 heterocycles. The first-order chi connectivity index (χ1) is 4.34. The molecule has 1 aromatic rings. The molecule has 0 fully saturated rings. The molecule has 4 heteroatoms. The molecule has 0 unspecified atom stereocenters. The largest absolute Gasteiger partial charge is 0.416 e. The molecule has 1 aromatic heterocycles. The lowest BCUT2D eigenvalue weighted by atomic mass is 10.6. The van der Waals surface area contributed by atoms with Crippen molar-refractivity contribution in [1.82, 2.24) is 0 Å². The van der Waals surface area contributed by atoms with Crippen LogP contribution < -0.4 is 4.74 Å². The number of ether oxygens (including phenoxy) is 1. The molecule has 0 aliphatic heterocycles. The zero-order valence-corrected chi connectivity index (χ0v) is 5.91. The summed E-state index contributed by atoms with van der Waals surface area (Å²) < 4.78 is 4.48. The maximum atomic E-state index is 9.75. The van der Waals surface area contributed by atoms with Crippen LogP contribution in [0.3, 0.4) is 0 Å². The van der Waals surface area contributed by atoms with Gasteiger partial charge in [0.05, 0.1) is 5.02 Å². The van der Waals surface area contributed by atoms with Crippen LogP contribution in [0.4, 0.5) is 0 Å². The van der Waals surface area contributed by atoms with Crippen LogP contribution in [0.2, 0.25) is 5.02 Å². The number of thiophene rings is 1. The van der Waals surface area contributed by atoms with Gasteiger partial charge in [0.15, 0.2) is 0 Å². The molecule has 0 radical (unpaired) electrons. The van der Waals surface area contributed by atoms with Crippen LogP contribution in [-0.4, -0.2) is 6.47 Å². The van der Waals surface area contributed by atoms with E-state index in [0.717, 1.165) is 0 Å². The molecule has 0 saturated heterocycles. The fourth-order valence-corrected chi connectivity index (χ4v) is 1.33. The minimum absolute atomic E-state index is 0.359. The van der Waals surface area contributed by atoms with Gasteiger partial charge in [0.25, 0.3) is 6.47 Å². The summed E-state index contributed by atoms with van der Waals surface area (Å²) in [6, 6.07) is 1.67. The van der Waals surface area contributed by atoms with Gasteiger partial charge in [0, 0.05) is 0 Å². The van der Waals surface area contributed by atoms with Gasteiger partial charge in [0.2, 0.25) is 5.06 Å². The average molecular weight is 163 g/mol. The van der Waals surface area contributed by atoms with Gasteiger partial charge in [-0.15, -0.1) is 11.3 Å². The lowest BCUT2D eigenvalue weighted by Crippen LogP contribution is -1.83. The molecule has 0 amide bonds. The molecule has 48 valence electrons. The van der Waals surface area contributed by atoms with E-state index in [1.54, 1.807) is 11.4 Å². The molecule has 2 nitrogen and oxygen atoms in total. The third-order valence-corrected chi connectivity index (χ3v) is 1.95. The Balaban J connectivity index is 2.80. The Morgan fingerprint density at radius 3 is 3.00 bits per heavy atom. The molecular weight excluding hydrogens is 160 g/mol. The number of carbonyl (C=O) groups is 1. The molecule has 0 aliphatic carbocycles.